The van der Waals surface area contributed by atoms with Gasteiger partial charge in [0.15, 0.2) is 0 Å². The van der Waals surface area contributed by atoms with E-state index in [2.05, 4.69) is 9.55 Å². The predicted octanol–water partition coefficient (Wildman–Crippen LogP) is 1.24. The monoisotopic (exact) mass is 165 g/mol. The maximum Gasteiger partial charge on any atom is 0.105 e. The second kappa shape index (κ2) is 2.90. The van der Waals surface area contributed by atoms with Crippen molar-refractivity contribution in [3.8, 4) is 0 Å². The van der Waals surface area contributed by atoms with Crippen LogP contribution in [0.1, 0.15) is 31.1 Å². The molecule has 2 atom stereocenters. The summed E-state index contributed by atoms with van der Waals surface area (Å²) in [5.74, 6) is 1.08. The molecule has 1 saturated carbocycles. The summed E-state index contributed by atoms with van der Waals surface area (Å²) in [6.45, 7) is 2.03. The van der Waals surface area contributed by atoms with Crippen molar-refractivity contribution in [1.29, 1.82) is 0 Å². The van der Waals surface area contributed by atoms with Crippen LogP contribution in [0.15, 0.2) is 12.4 Å². The Hall–Kier alpha value is -0.830. The molecule has 0 aromatic carbocycles. The van der Waals surface area contributed by atoms with Crippen LogP contribution in [0.2, 0.25) is 0 Å². The van der Waals surface area contributed by atoms with Crippen molar-refractivity contribution < 1.29 is 0 Å². The van der Waals surface area contributed by atoms with Crippen LogP contribution in [-0.2, 0) is 0 Å². The molecule has 0 radical (unpaired) electrons. The van der Waals surface area contributed by atoms with E-state index in [1.54, 1.807) is 0 Å². The Labute approximate surface area is 72.6 Å². The Balaban J connectivity index is 2.24. The fourth-order valence-corrected chi connectivity index (χ4v) is 2.05. The van der Waals surface area contributed by atoms with Crippen molar-refractivity contribution in [1.82, 2.24) is 9.55 Å². The molecule has 1 aliphatic rings. The zero-order valence-corrected chi connectivity index (χ0v) is 7.40. The quantitative estimate of drug-likeness (QED) is 0.680. The highest BCUT2D eigenvalue weighted by Gasteiger charge is 2.25. The molecule has 1 aliphatic carbocycles. The summed E-state index contributed by atoms with van der Waals surface area (Å²) >= 11 is 0. The molecule has 2 unspecified atom stereocenters. The van der Waals surface area contributed by atoms with E-state index >= 15 is 0 Å². The van der Waals surface area contributed by atoms with Gasteiger partial charge in [-0.25, -0.2) is 4.98 Å². The molecule has 1 aromatic heterocycles. The van der Waals surface area contributed by atoms with Crippen LogP contribution >= 0.6 is 0 Å². The van der Waals surface area contributed by atoms with Crippen molar-refractivity contribution >= 4 is 0 Å². The smallest absolute Gasteiger partial charge is 0.105 e. The maximum atomic E-state index is 5.99. The van der Waals surface area contributed by atoms with Gasteiger partial charge in [-0.1, -0.05) is 0 Å². The summed E-state index contributed by atoms with van der Waals surface area (Å²) < 4.78 is 2.21. The molecule has 0 amide bonds. The van der Waals surface area contributed by atoms with Gasteiger partial charge < -0.3 is 10.3 Å². The van der Waals surface area contributed by atoms with Crippen LogP contribution in [0, 0.1) is 6.92 Å². The van der Waals surface area contributed by atoms with E-state index in [0.717, 1.165) is 12.2 Å². The number of imidazole rings is 1. The van der Waals surface area contributed by atoms with Gasteiger partial charge in [0.1, 0.15) is 5.82 Å². The van der Waals surface area contributed by atoms with E-state index in [4.69, 9.17) is 5.73 Å². The molecule has 0 bridgehead atoms. The standard InChI is InChI=1S/C9H15N3/c1-7-11-5-6-12(7)9-4-2-3-8(9)10/h5-6,8-9H,2-4,10H2,1H3. The van der Waals surface area contributed by atoms with Gasteiger partial charge in [-0.2, -0.15) is 0 Å². The zero-order chi connectivity index (χ0) is 8.55. The highest BCUT2D eigenvalue weighted by Crippen LogP contribution is 2.29. The number of hydrogen-bond acceptors (Lipinski definition) is 2. The lowest BCUT2D eigenvalue weighted by Crippen LogP contribution is -2.27. The Morgan fingerprint density at radius 1 is 1.58 bits per heavy atom. The van der Waals surface area contributed by atoms with Crippen LogP contribution in [0.25, 0.3) is 0 Å². The highest BCUT2D eigenvalue weighted by molar-refractivity contribution is 4.97. The summed E-state index contributed by atoms with van der Waals surface area (Å²) in [6, 6.07) is 0.824. The molecule has 66 valence electrons. The lowest BCUT2D eigenvalue weighted by atomic mass is 10.2. The highest BCUT2D eigenvalue weighted by atomic mass is 15.1. The number of aromatic nitrogens is 2. The summed E-state index contributed by atoms with van der Waals surface area (Å²) in [7, 11) is 0. The first-order chi connectivity index (χ1) is 5.79. The van der Waals surface area contributed by atoms with Crippen molar-refractivity contribution in [2.45, 2.75) is 38.3 Å². The van der Waals surface area contributed by atoms with E-state index in [9.17, 15) is 0 Å². The predicted molar refractivity (Wildman–Crippen MR) is 47.8 cm³/mol. The van der Waals surface area contributed by atoms with Crippen LogP contribution < -0.4 is 5.73 Å². The summed E-state index contributed by atoms with van der Waals surface area (Å²) in [5.41, 5.74) is 5.99. The first-order valence-electron chi connectivity index (χ1n) is 4.54. The first-order valence-corrected chi connectivity index (χ1v) is 4.54. The molecular weight excluding hydrogens is 150 g/mol. The van der Waals surface area contributed by atoms with Gasteiger partial charge in [-0.15, -0.1) is 0 Å². The van der Waals surface area contributed by atoms with Crippen LogP contribution in [-0.4, -0.2) is 15.6 Å². The molecule has 2 N–H and O–H groups in total. The minimum absolute atomic E-state index is 0.331. The van der Waals surface area contributed by atoms with Gasteiger partial charge in [-0.3, -0.25) is 0 Å². The number of hydrogen-bond donors (Lipinski definition) is 1. The van der Waals surface area contributed by atoms with E-state index in [1.165, 1.54) is 12.8 Å². The number of nitrogens with two attached hydrogens (primary N) is 1. The van der Waals surface area contributed by atoms with Gasteiger partial charge in [-0.05, 0) is 26.2 Å². The first kappa shape index (κ1) is 7.80. The van der Waals surface area contributed by atoms with Crippen molar-refractivity contribution in [3.05, 3.63) is 18.2 Å². The molecule has 1 heterocycles. The Morgan fingerprint density at radius 3 is 2.92 bits per heavy atom. The number of aryl methyl sites for hydroxylation is 1. The normalized spacial score (nSPS) is 29.5. The fourth-order valence-electron chi connectivity index (χ4n) is 2.05. The van der Waals surface area contributed by atoms with E-state index < -0.39 is 0 Å². The van der Waals surface area contributed by atoms with Gasteiger partial charge in [0.05, 0.1) is 0 Å². The largest absolute Gasteiger partial charge is 0.331 e. The second-order valence-electron chi connectivity index (χ2n) is 3.54. The lowest BCUT2D eigenvalue weighted by molar-refractivity contribution is 0.453. The van der Waals surface area contributed by atoms with Crippen molar-refractivity contribution in [2.75, 3.05) is 0 Å². The number of nitrogens with zero attached hydrogens (tertiary/aromatic N) is 2. The summed E-state index contributed by atoms with van der Waals surface area (Å²) in [5, 5.41) is 0. The second-order valence-corrected chi connectivity index (χ2v) is 3.54. The molecule has 0 saturated heterocycles. The average Bonchev–Trinajstić information content (AvgIpc) is 2.59. The molecule has 2 rings (SSSR count). The minimum Gasteiger partial charge on any atom is -0.331 e. The molecular formula is C9H15N3. The third-order valence-electron chi connectivity index (χ3n) is 2.75. The van der Waals surface area contributed by atoms with Gasteiger partial charge in [0.2, 0.25) is 0 Å². The van der Waals surface area contributed by atoms with E-state index in [0.29, 0.717) is 12.1 Å². The molecule has 12 heavy (non-hydrogen) atoms. The average molecular weight is 165 g/mol. The Morgan fingerprint density at radius 2 is 2.42 bits per heavy atom. The van der Waals surface area contributed by atoms with Gasteiger partial charge in [0.25, 0.3) is 0 Å². The maximum absolute atomic E-state index is 5.99. The van der Waals surface area contributed by atoms with E-state index in [1.807, 2.05) is 19.3 Å². The molecule has 0 spiro atoms. The minimum atomic E-state index is 0.331. The van der Waals surface area contributed by atoms with E-state index in [-0.39, 0.29) is 0 Å². The van der Waals surface area contributed by atoms with Gasteiger partial charge >= 0.3 is 0 Å². The van der Waals surface area contributed by atoms with Crippen LogP contribution in [0.5, 0.6) is 0 Å². The topological polar surface area (TPSA) is 43.8 Å². The molecule has 3 nitrogen and oxygen atoms in total. The molecule has 0 aliphatic heterocycles. The Bertz CT molecular complexity index is 266. The summed E-state index contributed by atoms with van der Waals surface area (Å²) in [6.07, 6.45) is 7.50. The number of rotatable bonds is 1. The molecule has 1 aromatic rings. The third kappa shape index (κ3) is 1.14. The fraction of sp³-hybridized carbons (Fsp3) is 0.667. The van der Waals surface area contributed by atoms with Crippen LogP contribution in [0.3, 0.4) is 0 Å². The lowest BCUT2D eigenvalue weighted by Gasteiger charge is -2.18. The van der Waals surface area contributed by atoms with Gasteiger partial charge in [0, 0.05) is 24.5 Å². The SMILES string of the molecule is Cc1nccn1C1CCCC1N. The third-order valence-corrected chi connectivity index (χ3v) is 2.75. The zero-order valence-electron chi connectivity index (χ0n) is 7.40. The van der Waals surface area contributed by atoms with Crippen molar-refractivity contribution in [3.63, 3.8) is 0 Å². The van der Waals surface area contributed by atoms with Crippen molar-refractivity contribution in [2.24, 2.45) is 5.73 Å². The molecule has 1 fully saturated rings. The Kier molecular flexibility index (Phi) is 1.89. The molecule has 3 heteroatoms. The van der Waals surface area contributed by atoms with Crippen LogP contribution in [0.4, 0.5) is 0 Å². The summed E-state index contributed by atoms with van der Waals surface area (Å²) in [4.78, 5) is 4.20.